The van der Waals surface area contributed by atoms with Crippen molar-refractivity contribution in [3.63, 3.8) is 0 Å². The lowest BCUT2D eigenvalue weighted by Crippen LogP contribution is -2.43. The van der Waals surface area contributed by atoms with Gasteiger partial charge in [-0.1, -0.05) is 0 Å². The lowest BCUT2D eigenvalue weighted by atomic mass is 9.86. The van der Waals surface area contributed by atoms with Gasteiger partial charge in [-0.2, -0.15) is 0 Å². The number of methoxy groups -OCH3 is 2. The second-order valence-electron chi connectivity index (χ2n) is 7.25. The molecule has 2 atom stereocenters. The number of piperidine rings is 1. The van der Waals surface area contributed by atoms with Gasteiger partial charge < -0.3 is 19.7 Å². The second-order valence-corrected chi connectivity index (χ2v) is 7.25. The fourth-order valence-corrected chi connectivity index (χ4v) is 4.95. The Morgan fingerprint density at radius 3 is 2.88 bits per heavy atom. The number of nitrogens with one attached hydrogen (secondary N) is 1. The molecule has 0 bridgehead atoms. The number of rotatable bonds is 3. The van der Waals surface area contributed by atoms with Crippen LogP contribution in [0.4, 0.5) is 5.69 Å². The summed E-state index contributed by atoms with van der Waals surface area (Å²) in [6.07, 6.45) is 2.41. The minimum atomic E-state index is 0.618. The van der Waals surface area contributed by atoms with Gasteiger partial charge in [0.15, 0.2) is 0 Å². The molecule has 2 aromatic rings. The standard InChI is InChI=1S/C21H24N2O2/c1-24-15-3-4-16(20(11-15)25-2)14-9-13-6-8-23-19-5-7-22-12-18(19)17(10-14)21(13)23/h3-4,9-11,18-19,22H,5-8,12H2,1-2H3. The average Bonchev–Trinajstić information content (AvgIpc) is 3.24. The van der Waals surface area contributed by atoms with Crippen molar-refractivity contribution in [3.8, 4) is 22.6 Å². The third-order valence-electron chi connectivity index (χ3n) is 6.09. The molecule has 3 aliphatic heterocycles. The molecule has 3 heterocycles. The topological polar surface area (TPSA) is 33.7 Å². The van der Waals surface area contributed by atoms with Crippen molar-refractivity contribution >= 4 is 5.69 Å². The van der Waals surface area contributed by atoms with Crippen molar-refractivity contribution in [2.75, 3.05) is 38.8 Å². The maximum absolute atomic E-state index is 5.65. The number of hydrogen-bond donors (Lipinski definition) is 1. The molecule has 0 aromatic heterocycles. The molecule has 2 aromatic carbocycles. The van der Waals surface area contributed by atoms with Gasteiger partial charge in [0.2, 0.25) is 0 Å². The highest BCUT2D eigenvalue weighted by atomic mass is 16.5. The molecule has 25 heavy (non-hydrogen) atoms. The van der Waals surface area contributed by atoms with E-state index in [0.717, 1.165) is 36.6 Å². The molecule has 0 spiro atoms. The van der Waals surface area contributed by atoms with Gasteiger partial charge in [-0.25, -0.2) is 0 Å². The third kappa shape index (κ3) is 2.17. The van der Waals surface area contributed by atoms with Crippen molar-refractivity contribution in [3.05, 3.63) is 41.5 Å². The number of nitrogens with zero attached hydrogens (tertiary/aromatic N) is 1. The van der Waals surface area contributed by atoms with Gasteiger partial charge in [-0.3, -0.25) is 0 Å². The highest BCUT2D eigenvalue weighted by Gasteiger charge is 2.43. The van der Waals surface area contributed by atoms with Gasteiger partial charge in [-0.05, 0) is 60.3 Å². The summed E-state index contributed by atoms with van der Waals surface area (Å²) in [7, 11) is 3.42. The van der Waals surface area contributed by atoms with Crippen LogP contribution in [0.15, 0.2) is 30.3 Å². The number of benzene rings is 2. The summed E-state index contributed by atoms with van der Waals surface area (Å²) in [5.41, 5.74) is 6.96. The maximum atomic E-state index is 5.65. The SMILES string of the molecule is COc1ccc(-c2cc3c4c(c2)C2CNCCC2N4CC3)c(OC)c1. The molecule has 1 fully saturated rings. The van der Waals surface area contributed by atoms with E-state index in [2.05, 4.69) is 28.4 Å². The molecule has 130 valence electrons. The Labute approximate surface area is 148 Å². The molecule has 0 aliphatic carbocycles. The molecular weight excluding hydrogens is 312 g/mol. The summed E-state index contributed by atoms with van der Waals surface area (Å²) >= 11 is 0. The number of anilines is 1. The van der Waals surface area contributed by atoms with Gasteiger partial charge in [0.05, 0.1) is 14.2 Å². The first kappa shape index (κ1) is 15.1. The molecular formula is C21H24N2O2. The third-order valence-corrected chi connectivity index (χ3v) is 6.09. The fourth-order valence-electron chi connectivity index (χ4n) is 4.95. The lowest BCUT2D eigenvalue weighted by Gasteiger charge is -2.32. The summed E-state index contributed by atoms with van der Waals surface area (Å²) in [4.78, 5) is 2.67. The van der Waals surface area contributed by atoms with Crippen molar-refractivity contribution < 1.29 is 9.47 Å². The predicted octanol–water partition coefficient (Wildman–Crippen LogP) is 3.19. The van der Waals surface area contributed by atoms with Gasteiger partial charge in [-0.15, -0.1) is 0 Å². The molecule has 4 nitrogen and oxygen atoms in total. The van der Waals surface area contributed by atoms with Gasteiger partial charge in [0.1, 0.15) is 11.5 Å². The van der Waals surface area contributed by atoms with E-state index in [-0.39, 0.29) is 0 Å². The molecule has 4 heteroatoms. The van der Waals surface area contributed by atoms with Crippen molar-refractivity contribution in [2.45, 2.75) is 24.8 Å². The Morgan fingerprint density at radius 2 is 2.04 bits per heavy atom. The van der Waals surface area contributed by atoms with Gasteiger partial charge in [0, 0.05) is 42.4 Å². The van der Waals surface area contributed by atoms with Crippen LogP contribution in [0.3, 0.4) is 0 Å². The number of hydrogen-bond acceptors (Lipinski definition) is 4. The molecule has 3 aliphatic rings. The first-order valence-electron chi connectivity index (χ1n) is 9.16. The van der Waals surface area contributed by atoms with E-state index in [4.69, 9.17) is 9.47 Å². The molecule has 1 N–H and O–H groups in total. The van der Waals surface area contributed by atoms with Crippen LogP contribution < -0.4 is 19.7 Å². The van der Waals surface area contributed by atoms with E-state index in [1.165, 1.54) is 35.3 Å². The number of ether oxygens (including phenoxy) is 2. The molecule has 0 amide bonds. The Morgan fingerprint density at radius 1 is 1.12 bits per heavy atom. The van der Waals surface area contributed by atoms with E-state index < -0.39 is 0 Å². The van der Waals surface area contributed by atoms with Crippen LogP contribution in [0.25, 0.3) is 11.1 Å². The van der Waals surface area contributed by atoms with E-state index in [1.54, 1.807) is 14.2 Å². The predicted molar refractivity (Wildman–Crippen MR) is 100 cm³/mol. The summed E-state index contributed by atoms with van der Waals surface area (Å²) in [5.74, 6) is 2.32. The van der Waals surface area contributed by atoms with Crippen LogP contribution in [-0.2, 0) is 6.42 Å². The monoisotopic (exact) mass is 336 g/mol. The number of fused-ring (bicyclic) bond motifs is 3. The van der Waals surface area contributed by atoms with Crippen LogP contribution in [0, 0.1) is 0 Å². The summed E-state index contributed by atoms with van der Waals surface area (Å²) in [5, 5.41) is 3.59. The van der Waals surface area contributed by atoms with Crippen LogP contribution >= 0.6 is 0 Å². The summed E-state index contributed by atoms with van der Waals surface area (Å²) in [6.45, 7) is 3.41. The van der Waals surface area contributed by atoms with E-state index >= 15 is 0 Å². The maximum Gasteiger partial charge on any atom is 0.130 e. The Hall–Kier alpha value is -2.20. The Kier molecular flexibility index (Phi) is 3.42. The first-order chi connectivity index (χ1) is 12.3. The van der Waals surface area contributed by atoms with E-state index in [0.29, 0.717) is 12.0 Å². The van der Waals surface area contributed by atoms with Crippen LogP contribution in [0.2, 0.25) is 0 Å². The normalized spacial score (nSPS) is 23.4. The molecule has 0 radical (unpaired) electrons. The van der Waals surface area contributed by atoms with Crippen LogP contribution in [0.1, 0.15) is 23.5 Å². The Balaban J connectivity index is 1.64. The minimum absolute atomic E-state index is 0.618. The zero-order valence-corrected chi connectivity index (χ0v) is 14.8. The Bertz CT molecular complexity index is 833. The quantitative estimate of drug-likeness (QED) is 0.933. The van der Waals surface area contributed by atoms with Crippen molar-refractivity contribution in [1.82, 2.24) is 5.32 Å². The average molecular weight is 336 g/mol. The zero-order chi connectivity index (χ0) is 17.0. The van der Waals surface area contributed by atoms with E-state index in [9.17, 15) is 0 Å². The fraction of sp³-hybridized carbons (Fsp3) is 0.429. The largest absolute Gasteiger partial charge is 0.497 e. The van der Waals surface area contributed by atoms with Gasteiger partial charge >= 0.3 is 0 Å². The molecule has 2 unspecified atom stereocenters. The molecule has 5 rings (SSSR count). The van der Waals surface area contributed by atoms with Crippen LogP contribution in [-0.4, -0.2) is 39.9 Å². The molecule has 0 saturated carbocycles. The summed E-state index contributed by atoms with van der Waals surface area (Å²) in [6, 6.07) is 11.6. The van der Waals surface area contributed by atoms with Crippen molar-refractivity contribution in [1.29, 1.82) is 0 Å². The highest BCUT2D eigenvalue weighted by molar-refractivity contribution is 5.80. The smallest absolute Gasteiger partial charge is 0.130 e. The zero-order valence-electron chi connectivity index (χ0n) is 14.8. The van der Waals surface area contributed by atoms with E-state index in [1.807, 2.05) is 12.1 Å². The lowest BCUT2D eigenvalue weighted by molar-refractivity contribution is 0.395. The summed E-state index contributed by atoms with van der Waals surface area (Å²) < 4.78 is 11.0. The van der Waals surface area contributed by atoms with Crippen molar-refractivity contribution in [2.24, 2.45) is 0 Å². The van der Waals surface area contributed by atoms with Crippen LogP contribution in [0.5, 0.6) is 11.5 Å². The van der Waals surface area contributed by atoms with Gasteiger partial charge in [0.25, 0.3) is 0 Å². The molecule has 1 saturated heterocycles. The first-order valence-corrected chi connectivity index (χ1v) is 9.16. The second kappa shape index (κ2) is 5.67. The highest BCUT2D eigenvalue weighted by Crippen LogP contribution is 2.50. The minimum Gasteiger partial charge on any atom is -0.497 e.